The van der Waals surface area contributed by atoms with E-state index in [1.165, 1.54) is 6.42 Å². The fourth-order valence-electron chi connectivity index (χ4n) is 1.54. The van der Waals surface area contributed by atoms with Gasteiger partial charge in [0.1, 0.15) is 0 Å². The minimum Gasteiger partial charge on any atom is -0.378 e. The molecule has 1 saturated heterocycles. The zero-order valence-corrected chi connectivity index (χ0v) is 9.48. The molecule has 1 aliphatic rings. The summed E-state index contributed by atoms with van der Waals surface area (Å²) in [5.74, 6) is 0.712. The molecule has 1 heteroatoms. The molecule has 74 valence electrons. The van der Waals surface area contributed by atoms with Crippen LogP contribution in [0, 0.1) is 11.3 Å². The van der Waals surface area contributed by atoms with Gasteiger partial charge in [0.15, 0.2) is 0 Å². The van der Waals surface area contributed by atoms with E-state index in [4.69, 9.17) is 4.74 Å². The number of rotatable bonds is 0. The topological polar surface area (TPSA) is 9.23 Å². The molecule has 1 rings (SSSR count). The van der Waals surface area contributed by atoms with E-state index in [1.54, 1.807) is 0 Å². The molecule has 1 nitrogen and oxygen atoms in total. The fraction of sp³-hybridized carbons (Fsp3) is 1.00. The van der Waals surface area contributed by atoms with Crippen LogP contribution in [0.5, 0.6) is 0 Å². The summed E-state index contributed by atoms with van der Waals surface area (Å²) < 4.78 is 5.53. The molecule has 1 heterocycles. The van der Waals surface area contributed by atoms with Crippen LogP contribution in [0.15, 0.2) is 0 Å². The Labute approximate surface area is 77.5 Å². The van der Waals surface area contributed by atoms with Gasteiger partial charge in [-0.15, -0.1) is 0 Å². The van der Waals surface area contributed by atoms with Crippen LogP contribution in [0.3, 0.4) is 0 Å². The van der Waals surface area contributed by atoms with Crippen molar-refractivity contribution in [2.75, 3.05) is 6.61 Å². The largest absolute Gasteiger partial charge is 0.378 e. The molecule has 0 aromatic heterocycles. The smallest absolute Gasteiger partial charge is 0.0552 e. The zero-order valence-electron chi connectivity index (χ0n) is 9.48. The molecule has 2 atom stereocenters. The molecule has 0 N–H and O–H groups in total. The average molecular weight is 172 g/mol. The lowest BCUT2D eigenvalue weighted by Crippen LogP contribution is -2.36. The molecule has 1 fully saturated rings. The van der Waals surface area contributed by atoms with Crippen LogP contribution < -0.4 is 0 Å². The molecule has 12 heavy (non-hydrogen) atoms. The lowest BCUT2D eigenvalue weighted by atomic mass is 9.75. The second-order valence-corrected chi connectivity index (χ2v) is 4.24. The quantitative estimate of drug-likeness (QED) is 0.543. The molecule has 0 saturated carbocycles. The molecular weight excluding hydrogens is 148 g/mol. The Morgan fingerprint density at radius 3 is 2.00 bits per heavy atom. The van der Waals surface area contributed by atoms with Crippen molar-refractivity contribution in [3.8, 4) is 0 Å². The molecule has 2 unspecified atom stereocenters. The van der Waals surface area contributed by atoms with E-state index in [9.17, 15) is 0 Å². The highest BCUT2D eigenvalue weighted by atomic mass is 16.5. The first-order chi connectivity index (χ1) is 5.52. The van der Waals surface area contributed by atoms with E-state index in [1.807, 2.05) is 13.8 Å². The summed E-state index contributed by atoms with van der Waals surface area (Å²) in [6, 6.07) is 0. The van der Waals surface area contributed by atoms with Crippen LogP contribution in [0.25, 0.3) is 0 Å². The van der Waals surface area contributed by atoms with Crippen LogP contribution in [0.4, 0.5) is 0 Å². The first kappa shape index (κ1) is 12.0. The van der Waals surface area contributed by atoms with E-state index < -0.39 is 0 Å². The maximum Gasteiger partial charge on any atom is 0.0552 e. The number of hydrogen-bond donors (Lipinski definition) is 0. The summed E-state index contributed by atoms with van der Waals surface area (Å²) in [7, 11) is 0. The summed E-state index contributed by atoms with van der Waals surface area (Å²) in [6.45, 7) is 14.0. The third-order valence-electron chi connectivity index (χ3n) is 2.78. The van der Waals surface area contributed by atoms with Gasteiger partial charge in [0.25, 0.3) is 0 Å². The van der Waals surface area contributed by atoms with Crippen molar-refractivity contribution in [2.24, 2.45) is 11.3 Å². The van der Waals surface area contributed by atoms with E-state index in [0.717, 1.165) is 6.61 Å². The highest BCUT2D eigenvalue weighted by molar-refractivity contribution is 4.81. The van der Waals surface area contributed by atoms with Gasteiger partial charge in [-0.05, 0) is 24.7 Å². The number of ether oxygens (including phenoxy) is 1. The van der Waals surface area contributed by atoms with Crippen LogP contribution >= 0.6 is 0 Å². The maximum absolute atomic E-state index is 5.53. The van der Waals surface area contributed by atoms with Gasteiger partial charge in [-0.1, -0.05) is 34.6 Å². The lowest BCUT2D eigenvalue weighted by Gasteiger charge is -2.39. The van der Waals surface area contributed by atoms with E-state index >= 15 is 0 Å². The average Bonchev–Trinajstić information content (AvgIpc) is 2.01. The zero-order chi connectivity index (χ0) is 9.78. The SMILES string of the molecule is CC.CC1CC(C)(C)C(C)CO1. The highest BCUT2D eigenvalue weighted by Crippen LogP contribution is 2.36. The van der Waals surface area contributed by atoms with Gasteiger partial charge in [0.2, 0.25) is 0 Å². The third-order valence-corrected chi connectivity index (χ3v) is 2.78. The molecule has 0 amide bonds. The Hall–Kier alpha value is -0.0400. The Morgan fingerprint density at radius 2 is 1.67 bits per heavy atom. The Morgan fingerprint density at radius 1 is 1.17 bits per heavy atom. The van der Waals surface area contributed by atoms with Gasteiger partial charge in [-0.25, -0.2) is 0 Å². The molecule has 0 bridgehead atoms. The van der Waals surface area contributed by atoms with Crippen molar-refractivity contribution in [1.82, 2.24) is 0 Å². The van der Waals surface area contributed by atoms with Crippen molar-refractivity contribution in [2.45, 2.75) is 54.1 Å². The second kappa shape index (κ2) is 4.86. The summed E-state index contributed by atoms with van der Waals surface area (Å²) in [4.78, 5) is 0. The normalized spacial score (nSPS) is 33.5. The van der Waals surface area contributed by atoms with Crippen molar-refractivity contribution in [1.29, 1.82) is 0 Å². The molecule has 1 aliphatic heterocycles. The monoisotopic (exact) mass is 172 g/mol. The van der Waals surface area contributed by atoms with E-state index in [2.05, 4.69) is 27.7 Å². The minimum atomic E-state index is 0.464. The standard InChI is InChI=1S/C9H18O.C2H6/c1-7-6-10-8(2)5-9(7,3)4;1-2/h7-8H,5-6H2,1-4H3;1-2H3. The predicted octanol–water partition coefficient (Wildman–Crippen LogP) is 3.48. The van der Waals surface area contributed by atoms with Crippen LogP contribution in [-0.4, -0.2) is 12.7 Å². The highest BCUT2D eigenvalue weighted by Gasteiger charge is 2.32. The summed E-state index contributed by atoms with van der Waals surface area (Å²) in [5, 5.41) is 0. The van der Waals surface area contributed by atoms with Crippen LogP contribution in [0.1, 0.15) is 48.0 Å². The summed E-state index contributed by atoms with van der Waals surface area (Å²) >= 11 is 0. The molecular formula is C11H24O. The molecule has 0 spiro atoms. The van der Waals surface area contributed by atoms with Crippen molar-refractivity contribution >= 4 is 0 Å². The fourth-order valence-corrected chi connectivity index (χ4v) is 1.54. The summed E-state index contributed by atoms with van der Waals surface area (Å²) in [6.07, 6.45) is 1.67. The Bertz CT molecular complexity index is 118. The first-order valence-electron chi connectivity index (χ1n) is 5.14. The van der Waals surface area contributed by atoms with Crippen LogP contribution in [-0.2, 0) is 4.74 Å². The predicted molar refractivity (Wildman–Crippen MR) is 54.3 cm³/mol. The third kappa shape index (κ3) is 3.14. The Kier molecular flexibility index (Phi) is 4.84. The van der Waals surface area contributed by atoms with Gasteiger partial charge >= 0.3 is 0 Å². The van der Waals surface area contributed by atoms with Gasteiger partial charge < -0.3 is 4.74 Å². The van der Waals surface area contributed by atoms with Gasteiger partial charge in [0.05, 0.1) is 6.10 Å². The first-order valence-corrected chi connectivity index (χ1v) is 5.14. The molecule has 0 aliphatic carbocycles. The van der Waals surface area contributed by atoms with Crippen molar-refractivity contribution < 1.29 is 4.74 Å². The van der Waals surface area contributed by atoms with Gasteiger partial charge in [-0.3, -0.25) is 0 Å². The summed E-state index contributed by atoms with van der Waals surface area (Å²) in [5.41, 5.74) is 0.484. The maximum atomic E-state index is 5.53. The lowest BCUT2D eigenvalue weighted by molar-refractivity contribution is -0.0640. The van der Waals surface area contributed by atoms with Gasteiger partial charge in [0, 0.05) is 6.61 Å². The number of hydrogen-bond acceptors (Lipinski definition) is 1. The van der Waals surface area contributed by atoms with Crippen LogP contribution in [0.2, 0.25) is 0 Å². The van der Waals surface area contributed by atoms with E-state index in [0.29, 0.717) is 17.4 Å². The van der Waals surface area contributed by atoms with Crippen molar-refractivity contribution in [3.05, 3.63) is 0 Å². The molecule has 0 aromatic rings. The van der Waals surface area contributed by atoms with Crippen molar-refractivity contribution in [3.63, 3.8) is 0 Å². The second-order valence-electron chi connectivity index (χ2n) is 4.24. The van der Waals surface area contributed by atoms with E-state index in [-0.39, 0.29) is 0 Å². The molecule has 0 radical (unpaired) electrons. The van der Waals surface area contributed by atoms with Gasteiger partial charge in [-0.2, -0.15) is 0 Å². The Balaban J connectivity index is 0.000000561. The molecule has 0 aromatic carbocycles. The minimum absolute atomic E-state index is 0.464.